The number of morpholine rings is 1. The Morgan fingerprint density at radius 2 is 1.77 bits per heavy atom. The molecule has 7 nitrogen and oxygen atoms in total. The minimum Gasteiger partial charge on any atom is -0.379 e. The summed E-state index contributed by atoms with van der Waals surface area (Å²) in [5.74, 6) is -0.0383. The van der Waals surface area contributed by atoms with E-state index < -0.39 is 10.0 Å². The first-order valence-electron chi connectivity index (χ1n) is 11.6. The Morgan fingerprint density at radius 3 is 2.39 bits per heavy atom. The van der Waals surface area contributed by atoms with Crippen molar-refractivity contribution in [1.29, 1.82) is 0 Å². The van der Waals surface area contributed by atoms with E-state index >= 15 is 0 Å². The molecule has 176 valence electrons. The average molecular weight is 454 g/mol. The Hall–Kier alpha value is -1.48. The molecule has 0 bridgehead atoms. The van der Waals surface area contributed by atoms with Gasteiger partial charge < -0.3 is 9.64 Å². The minimum absolute atomic E-state index is 0.0383. The second-order valence-electron chi connectivity index (χ2n) is 8.26. The van der Waals surface area contributed by atoms with Gasteiger partial charge in [-0.25, -0.2) is 13.1 Å². The third-order valence-electron chi connectivity index (χ3n) is 5.74. The van der Waals surface area contributed by atoms with E-state index in [9.17, 15) is 13.2 Å². The van der Waals surface area contributed by atoms with Crippen LogP contribution in [0.25, 0.3) is 0 Å². The highest BCUT2D eigenvalue weighted by atomic mass is 32.2. The van der Waals surface area contributed by atoms with E-state index in [1.54, 1.807) is 12.1 Å². The molecule has 1 atom stereocenters. The standard InChI is InChI=1S/C23H39N3O4S/c1-4-6-7-8-13-26(15-14-25-16-18-30-19-17-25)23(27)21-9-11-22(12-10-21)31(28,29)24-20(3)5-2/h9-12,20,24H,4-8,13-19H2,1-3H3. The fraction of sp³-hybridized carbons (Fsp3) is 0.696. The highest BCUT2D eigenvalue weighted by molar-refractivity contribution is 7.89. The monoisotopic (exact) mass is 453 g/mol. The molecule has 1 amide bonds. The van der Waals surface area contributed by atoms with Gasteiger partial charge in [0.05, 0.1) is 18.1 Å². The van der Waals surface area contributed by atoms with Gasteiger partial charge in [-0.1, -0.05) is 33.1 Å². The topological polar surface area (TPSA) is 79.0 Å². The van der Waals surface area contributed by atoms with Gasteiger partial charge in [-0.15, -0.1) is 0 Å². The molecular weight excluding hydrogens is 414 g/mol. The van der Waals surface area contributed by atoms with Gasteiger partial charge in [-0.3, -0.25) is 9.69 Å². The van der Waals surface area contributed by atoms with Gasteiger partial charge in [0.15, 0.2) is 0 Å². The second kappa shape index (κ2) is 13.2. The number of hydrogen-bond acceptors (Lipinski definition) is 5. The highest BCUT2D eigenvalue weighted by Gasteiger charge is 2.20. The molecule has 31 heavy (non-hydrogen) atoms. The smallest absolute Gasteiger partial charge is 0.253 e. The first-order chi connectivity index (χ1) is 14.9. The molecular formula is C23H39N3O4S. The van der Waals surface area contributed by atoms with Crippen LogP contribution in [-0.2, 0) is 14.8 Å². The van der Waals surface area contributed by atoms with E-state index in [1.807, 2.05) is 18.7 Å². The summed E-state index contributed by atoms with van der Waals surface area (Å²) in [7, 11) is -3.57. The number of ether oxygens (including phenoxy) is 1. The maximum Gasteiger partial charge on any atom is 0.253 e. The summed E-state index contributed by atoms with van der Waals surface area (Å²) < 4.78 is 33.0. The predicted octanol–water partition coefficient (Wildman–Crippen LogP) is 3.12. The molecule has 1 heterocycles. The molecule has 1 saturated heterocycles. The summed E-state index contributed by atoms with van der Waals surface area (Å²) >= 11 is 0. The van der Waals surface area contributed by atoms with Crippen molar-refractivity contribution >= 4 is 15.9 Å². The summed E-state index contributed by atoms with van der Waals surface area (Å²) in [4.78, 5) is 17.6. The molecule has 0 spiro atoms. The summed E-state index contributed by atoms with van der Waals surface area (Å²) in [6, 6.07) is 6.16. The molecule has 1 fully saturated rings. The van der Waals surface area contributed by atoms with Crippen LogP contribution in [0.15, 0.2) is 29.2 Å². The number of nitrogens with one attached hydrogen (secondary N) is 1. The SMILES string of the molecule is CCCCCCN(CCN1CCOCC1)C(=O)c1ccc(S(=O)(=O)NC(C)CC)cc1. The van der Waals surface area contributed by atoms with Crippen LogP contribution in [0.3, 0.4) is 0 Å². The molecule has 8 heteroatoms. The zero-order valence-electron chi connectivity index (χ0n) is 19.3. The summed E-state index contributed by atoms with van der Waals surface area (Å²) in [6.07, 6.45) is 5.12. The van der Waals surface area contributed by atoms with Crippen LogP contribution in [0.2, 0.25) is 0 Å². The molecule has 1 aliphatic heterocycles. The van der Waals surface area contributed by atoms with Crippen LogP contribution < -0.4 is 4.72 Å². The Labute approximate surface area is 188 Å². The van der Waals surface area contributed by atoms with Crippen molar-refractivity contribution in [3.8, 4) is 0 Å². The van der Waals surface area contributed by atoms with Crippen molar-refractivity contribution in [2.24, 2.45) is 0 Å². The van der Waals surface area contributed by atoms with Crippen molar-refractivity contribution in [2.75, 3.05) is 45.9 Å². The van der Waals surface area contributed by atoms with Crippen molar-refractivity contribution < 1.29 is 17.9 Å². The molecule has 0 aliphatic carbocycles. The van der Waals surface area contributed by atoms with E-state index in [0.29, 0.717) is 18.5 Å². The Balaban J connectivity index is 2.05. The van der Waals surface area contributed by atoms with Crippen molar-refractivity contribution in [1.82, 2.24) is 14.5 Å². The van der Waals surface area contributed by atoms with Crippen LogP contribution in [-0.4, -0.2) is 76.1 Å². The van der Waals surface area contributed by atoms with Gasteiger partial charge >= 0.3 is 0 Å². The lowest BCUT2D eigenvalue weighted by Gasteiger charge is -2.30. The summed E-state index contributed by atoms with van der Waals surface area (Å²) in [5, 5.41) is 0. The number of nitrogens with zero attached hydrogens (tertiary/aromatic N) is 2. The molecule has 1 unspecified atom stereocenters. The van der Waals surface area contributed by atoms with Gasteiger partial charge in [0.2, 0.25) is 10.0 Å². The Kier molecular flexibility index (Phi) is 10.9. The van der Waals surface area contributed by atoms with Gasteiger partial charge in [0.1, 0.15) is 0 Å². The van der Waals surface area contributed by atoms with E-state index in [0.717, 1.165) is 58.7 Å². The quantitative estimate of drug-likeness (QED) is 0.464. The number of rotatable bonds is 13. The summed E-state index contributed by atoms with van der Waals surface area (Å²) in [6.45, 7) is 11.4. The molecule has 0 aromatic heterocycles. The molecule has 0 saturated carbocycles. The van der Waals surface area contributed by atoms with Crippen LogP contribution >= 0.6 is 0 Å². The van der Waals surface area contributed by atoms with E-state index in [1.165, 1.54) is 18.6 Å². The number of sulfonamides is 1. The van der Waals surface area contributed by atoms with Crippen LogP contribution in [0, 0.1) is 0 Å². The van der Waals surface area contributed by atoms with Crippen LogP contribution in [0.5, 0.6) is 0 Å². The van der Waals surface area contributed by atoms with Crippen molar-refractivity contribution in [3.05, 3.63) is 29.8 Å². The Morgan fingerprint density at radius 1 is 1.10 bits per heavy atom. The third kappa shape index (κ3) is 8.52. The van der Waals surface area contributed by atoms with Gasteiger partial charge in [-0.05, 0) is 44.0 Å². The largest absolute Gasteiger partial charge is 0.379 e. The predicted molar refractivity (Wildman–Crippen MR) is 124 cm³/mol. The molecule has 1 aliphatic rings. The van der Waals surface area contributed by atoms with Crippen molar-refractivity contribution in [3.63, 3.8) is 0 Å². The molecule has 1 aromatic carbocycles. The number of amides is 1. The van der Waals surface area contributed by atoms with E-state index in [2.05, 4.69) is 16.5 Å². The average Bonchev–Trinajstić information content (AvgIpc) is 2.78. The van der Waals surface area contributed by atoms with Gasteiger partial charge in [-0.2, -0.15) is 0 Å². The number of carbonyl (C=O) groups excluding carboxylic acids is 1. The summed E-state index contributed by atoms with van der Waals surface area (Å²) in [5.41, 5.74) is 0.528. The fourth-order valence-electron chi connectivity index (χ4n) is 3.51. The lowest BCUT2D eigenvalue weighted by Crippen LogP contribution is -2.43. The number of carbonyl (C=O) groups is 1. The zero-order chi connectivity index (χ0) is 22.7. The maximum absolute atomic E-state index is 13.2. The number of benzene rings is 1. The van der Waals surface area contributed by atoms with Gasteiger partial charge in [0, 0.05) is 44.3 Å². The Bertz CT molecular complexity index is 762. The van der Waals surface area contributed by atoms with Crippen LogP contribution in [0.1, 0.15) is 63.2 Å². The minimum atomic E-state index is -3.57. The van der Waals surface area contributed by atoms with Crippen LogP contribution in [0.4, 0.5) is 0 Å². The lowest BCUT2D eigenvalue weighted by molar-refractivity contribution is 0.0324. The van der Waals surface area contributed by atoms with Crippen molar-refractivity contribution in [2.45, 2.75) is 63.8 Å². The van der Waals surface area contributed by atoms with Gasteiger partial charge in [0.25, 0.3) is 5.91 Å². The second-order valence-corrected chi connectivity index (χ2v) is 9.98. The fourth-order valence-corrected chi connectivity index (χ4v) is 4.83. The third-order valence-corrected chi connectivity index (χ3v) is 7.34. The molecule has 1 N–H and O–H groups in total. The first kappa shape index (κ1) is 25.8. The highest BCUT2D eigenvalue weighted by Crippen LogP contribution is 2.14. The number of unbranched alkanes of at least 4 members (excludes halogenated alkanes) is 3. The molecule has 2 rings (SSSR count). The molecule has 0 radical (unpaired) electrons. The lowest BCUT2D eigenvalue weighted by atomic mass is 10.1. The zero-order valence-corrected chi connectivity index (χ0v) is 20.1. The number of hydrogen-bond donors (Lipinski definition) is 1. The normalized spacial score (nSPS) is 16.2. The maximum atomic E-state index is 13.2. The first-order valence-corrected chi connectivity index (χ1v) is 13.1. The molecule has 1 aromatic rings. The van der Waals surface area contributed by atoms with E-state index in [-0.39, 0.29) is 16.8 Å². The van der Waals surface area contributed by atoms with E-state index in [4.69, 9.17) is 4.74 Å².